The Morgan fingerprint density at radius 2 is 1.85 bits per heavy atom. The molecule has 1 amide bonds. The van der Waals surface area contributed by atoms with E-state index < -0.39 is 28.6 Å². The molecule has 0 fully saturated rings. The van der Waals surface area contributed by atoms with Crippen LogP contribution in [0.2, 0.25) is 0 Å². The summed E-state index contributed by atoms with van der Waals surface area (Å²) in [6.07, 6.45) is 1.72. The molecule has 1 aliphatic rings. The smallest absolute Gasteiger partial charge is 0.248 e. The monoisotopic (exact) mass is 339 g/mol. The highest BCUT2D eigenvalue weighted by molar-refractivity contribution is 9.11. The molecule has 1 aromatic rings. The molecular formula is C13H10BrNO5. The van der Waals surface area contributed by atoms with Gasteiger partial charge in [-0.3, -0.25) is 9.59 Å². The summed E-state index contributed by atoms with van der Waals surface area (Å²) in [5.41, 5.74) is 4.16. The summed E-state index contributed by atoms with van der Waals surface area (Å²) < 4.78 is 0.272. The van der Waals surface area contributed by atoms with Crippen molar-refractivity contribution >= 4 is 33.7 Å². The molecule has 0 saturated heterocycles. The molecular weight excluding hydrogens is 330 g/mol. The first-order chi connectivity index (χ1) is 9.32. The number of hydrogen-bond donors (Lipinski definition) is 4. The Hall–Kier alpha value is -2.28. The fourth-order valence-electron chi connectivity index (χ4n) is 1.84. The number of nitrogens with two attached hydrogens (primary N) is 1. The van der Waals surface area contributed by atoms with Crippen LogP contribution in [-0.2, 0) is 0 Å². The minimum Gasteiger partial charge on any atom is -0.504 e. The first kappa shape index (κ1) is 14.1. The van der Waals surface area contributed by atoms with Crippen molar-refractivity contribution in [3.05, 3.63) is 48.6 Å². The van der Waals surface area contributed by atoms with Gasteiger partial charge < -0.3 is 21.1 Å². The van der Waals surface area contributed by atoms with Crippen LogP contribution in [-0.4, -0.2) is 21.2 Å². The van der Waals surface area contributed by atoms with Crippen molar-refractivity contribution in [2.24, 2.45) is 5.73 Å². The second-order valence-corrected chi connectivity index (χ2v) is 5.12. The van der Waals surface area contributed by atoms with E-state index in [1.807, 2.05) is 0 Å². The van der Waals surface area contributed by atoms with Crippen molar-refractivity contribution in [3.8, 4) is 5.75 Å². The van der Waals surface area contributed by atoms with Gasteiger partial charge in [0.2, 0.25) is 11.3 Å². The minimum absolute atomic E-state index is 0.0811. The summed E-state index contributed by atoms with van der Waals surface area (Å²) in [6.45, 7) is 0. The number of aromatic hydroxyl groups is 1. The van der Waals surface area contributed by atoms with Crippen LogP contribution in [0.15, 0.2) is 27.2 Å². The van der Waals surface area contributed by atoms with Crippen LogP contribution in [0.5, 0.6) is 5.75 Å². The average Bonchev–Trinajstić information content (AvgIpc) is 2.58. The molecule has 0 unspecified atom stereocenters. The van der Waals surface area contributed by atoms with E-state index in [2.05, 4.69) is 15.9 Å². The molecule has 0 aromatic heterocycles. The third kappa shape index (κ3) is 2.27. The second-order valence-electron chi connectivity index (χ2n) is 4.16. The molecule has 7 heteroatoms. The van der Waals surface area contributed by atoms with E-state index in [4.69, 9.17) is 5.73 Å². The summed E-state index contributed by atoms with van der Waals surface area (Å²) in [4.78, 5) is 23.3. The maximum absolute atomic E-state index is 12.1. The summed E-state index contributed by atoms with van der Waals surface area (Å²) in [6, 6.07) is 2.20. The summed E-state index contributed by atoms with van der Waals surface area (Å²) >= 11 is 3.07. The molecule has 20 heavy (non-hydrogen) atoms. The molecule has 0 bridgehead atoms. The van der Waals surface area contributed by atoms with Crippen molar-refractivity contribution in [2.75, 3.05) is 0 Å². The lowest BCUT2D eigenvalue weighted by Gasteiger charge is -1.98. The van der Waals surface area contributed by atoms with E-state index in [-0.39, 0.29) is 26.9 Å². The lowest BCUT2D eigenvalue weighted by atomic mass is 10.2. The standard InChI is InChI=1S/C13H10BrNO5/c14-7-2-1-5-3-6(13(15)20)4-8(16)11(18)9(5)12(19)10(7)17/h1,3-4,16-17,19H,2H2,(H2,15,20). The number of hydrogen-bond acceptors (Lipinski definition) is 5. The van der Waals surface area contributed by atoms with Gasteiger partial charge in [0.15, 0.2) is 17.3 Å². The van der Waals surface area contributed by atoms with Crippen molar-refractivity contribution in [1.29, 1.82) is 0 Å². The SMILES string of the molecule is NC(=O)c1cc(O)c(=O)c2c(c1)=CCC(Br)=C(O)C=2O. The molecule has 0 atom stereocenters. The van der Waals surface area contributed by atoms with Crippen LogP contribution >= 0.6 is 15.9 Å². The zero-order chi connectivity index (χ0) is 15.0. The number of primary amides is 1. The zero-order valence-corrected chi connectivity index (χ0v) is 11.6. The van der Waals surface area contributed by atoms with Gasteiger partial charge in [-0.05, 0) is 17.4 Å². The summed E-state index contributed by atoms with van der Waals surface area (Å²) in [7, 11) is 0. The van der Waals surface area contributed by atoms with Gasteiger partial charge in [-0.15, -0.1) is 0 Å². The van der Waals surface area contributed by atoms with Crippen LogP contribution < -0.4 is 21.6 Å². The number of allylic oxidation sites excluding steroid dienone is 1. The predicted molar refractivity (Wildman–Crippen MR) is 75.8 cm³/mol. The van der Waals surface area contributed by atoms with Crippen LogP contribution in [0.25, 0.3) is 11.8 Å². The molecule has 0 heterocycles. The maximum atomic E-state index is 12.1. The Bertz CT molecular complexity index is 826. The molecule has 1 aromatic carbocycles. The van der Waals surface area contributed by atoms with E-state index in [1.54, 1.807) is 0 Å². The highest BCUT2D eigenvalue weighted by atomic mass is 79.9. The van der Waals surface area contributed by atoms with Gasteiger partial charge in [0.05, 0.1) is 5.22 Å². The Balaban J connectivity index is 3.12. The Kier molecular flexibility index (Phi) is 3.54. The van der Waals surface area contributed by atoms with E-state index >= 15 is 0 Å². The molecule has 1 aliphatic carbocycles. The van der Waals surface area contributed by atoms with Crippen LogP contribution in [0.3, 0.4) is 0 Å². The average molecular weight is 340 g/mol. The van der Waals surface area contributed by atoms with Gasteiger partial charge in [-0.1, -0.05) is 22.0 Å². The first-order valence-corrected chi connectivity index (χ1v) is 6.30. The fraction of sp³-hybridized carbons (Fsp3) is 0.0769. The number of aliphatic hydroxyl groups excluding tert-OH is 2. The highest BCUT2D eigenvalue weighted by Crippen LogP contribution is 2.20. The molecule has 6 nitrogen and oxygen atoms in total. The number of halogens is 1. The second kappa shape index (κ2) is 5.01. The van der Waals surface area contributed by atoms with Crippen molar-refractivity contribution in [3.63, 3.8) is 0 Å². The molecule has 0 radical (unpaired) electrons. The van der Waals surface area contributed by atoms with Gasteiger partial charge in [0.25, 0.3) is 0 Å². The highest BCUT2D eigenvalue weighted by Gasteiger charge is 2.15. The van der Waals surface area contributed by atoms with Gasteiger partial charge in [0.1, 0.15) is 0 Å². The van der Waals surface area contributed by atoms with Crippen molar-refractivity contribution in [1.82, 2.24) is 0 Å². The van der Waals surface area contributed by atoms with Gasteiger partial charge in [-0.2, -0.15) is 0 Å². The largest absolute Gasteiger partial charge is 0.504 e. The van der Waals surface area contributed by atoms with E-state index in [0.717, 1.165) is 6.07 Å². The Morgan fingerprint density at radius 3 is 2.45 bits per heavy atom. The van der Waals surface area contributed by atoms with Gasteiger partial charge in [0, 0.05) is 16.5 Å². The quantitative estimate of drug-likeness (QED) is 0.567. The number of rotatable bonds is 1. The number of fused-ring (bicyclic) bond motifs is 1. The van der Waals surface area contributed by atoms with E-state index in [9.17, 15) is 24.9 Å². The minimum atomic E-state index is -0.907. The molecule has 5 N–H and O–H groups in total. The number of aliphatic hydroxyl groups is 2. The lowest BCUT2D eigenvalue weighted by molar-refractivity contribution is 0.1000. The van der Waals surface area contributed by atoms with E-state index in [1.165, 1.54) is 12.1 Å². The summed E-state index contributed by atoms with van der Waals surface area (Å²) in [5, 5.41) is 29.3. The van der Waals surface area contributed by atoms with Crippen molar-refractivity contribution < 1.29 is 20.1 Å². The molecule has 2 rings (SSSR count). The summed E-state index contributed by atoms with van der Waals surface area (Å²) in [5.74, 6) is -2.74. The van der Waals surface area contributed by atoms with Crippen LogP contribution in [0.1, 0.15) is 16.8 Å². The molecule has 0 spiro atoms. The first-order valence-electron chi connectivity index (χ1n) is 5.51. The topological polar surface area (TPSA) is 121 Å². The van der Waals surface area contributed by atoms with Gasteiger partial charge >= 0.3 is 0 Å². The normalized spacial score (nSPS) is 14.3. The third-order valence-electron chi connectivity index (χ3n) is 2.86. The predicted octanol–water partition coefficient (Wildman–Crippen LogP) is -0.134. The molecule has 104 valence electrons. The Morgan fingerprint density at radius 1 is 1.20 bits per heavy atom. The van der Waals surface area contributed by atoms with Crippen molar-refractivity contribution in [2.45, 2.75) is 6.42 Å². The number of amides is 1. The lowest BCUT2D eigenvalue weighted by Crippen LogP contribution is -2.38. The fourth-order valence-corrected chi connectivity index (χ4v) is 2.19. The molecule has 0 saturated carbocycles. The third-order valence-corrected chi connectivity index (χ3v) is 3.55. The number of carbonyl (C=O) groups is 1. The van der Waals surface area contributed by atoms with Crippen LogP contribution in [0, 0.1) is 0 Å². The number of carbonyl (C=O) groups excluding carboxylic acids is 1. The Labute approximate surface area is 120 Å². The van der Waals surface area contributed by atoms with Crippen LogP contribution in [0.4, 0.5) is 0 Å². The maximum Gasteiger partial charge on any atom is 0.248 e. The molecule has 0 aliphatic heterocycles. The zero-order valence-electron chi connectivity index (χ0n) is 10.1. The van der Waals surface area contributed by atoms with E-state index in [0.29, 0.717) is 0 Å². The van der Waals surface area contributed by atoms with Gasteiger partial charge in [-0.25, -0.2) is 0 Å².